The summed E-state index contributed by atoms with van der Waals surface area (Å²) >= 11 is 0. The fourth-order valence-electron chi connectivity index (χ4n) is 5.88. The number of nitrogens with one attached hydrogen (secondary N) is 2. The maximum Gasteiger partial charge on any atom is 0.323 e. The van der Waals surface area contributed by atoms with Gasteiger partial charge in [0.2, 0.25) is 0 Å². The van der Waals surface area contributed by atoms with Gasteiger partial charge in [-0.25, -0.2) is 4.79 Å². The molecule has 4 aromatic rings. The van der Waals surface area contributed by atoms with Gasteiger partial charge in [0.05, 0.1) is 25.4 Å². The summed E-state index contributed by atoms with van der Waals surface area (Å²) in [6.45, 7) is 1.80. The van der Waals surface area contributed by atoms with E-state index in [0.717, 1.165) is 48.4 Å². The van der Waals surface area contributed by atoms with Gasteiger partial charge in [0.25, 0.3) is 0 Å². The predicted octanol–water partition coefficient (Wildman–Crippen LogP) is 6.62. The minimum atomic E-state index is -0.596. The number of urea groups is 1. The van der Waals surface area contributed by atoms with Gasteiger partial charge in [0.15, 0.2) is 6.29 Å². The Kier molecular flexibility index (Phi) is 10.0. The summed E-state index contributed by atoms with van der Waals surface area (Å²) in [4.78, 5) is 15.0. The summed E-state index contributed by atoms with van der Waals surface area (Å²) in [5.74, 6) is 1.42. The van der Waals surface area contributed by atoms with Crippen molar-refractivity contribution in [2.45, 2.75) is 50.4 Å². The smallest absolute Gasteiger partial charge is 0.323 e. The van der Waals surface area contributed by atoms with E-state index in [1.807, 2.05) is 78.9 Å². The molecule has 2 heterocycles. The van der Waals surface area contributed by atoms with E-state index < -0.39 is 6.29 Å². The fraction of sp³-hybridized carbons (Fsp3) is 0.306. The van der Waals surface area contributed by atoms with Crippen LogP contribution in [0.15, 0.2) is 103 Å². The lowest BCUT2D eigenvalue weighted by Crippen LogP contribution is -2.42. The molecule has 9 nitrogen and oxygen atoms in total. The molecular weight excluding hydrogens is 570 g/mol. The number of aliphatic hydroxyl groups excluding tert-OH is 2. The van der Waals surface area contributed by atoms with Gasteiger partial charge in [-0.3, -0.25) is 4.90 Å². The molecule has 4 atom stereocenters. The first kappa shape index (κ1) is 30.8. The van der Waals surface area contributed by atoms with Gasteiger partial charge in [-0.05, 0) is 79.0 Å². The molecule has 0 aliphatic carbocycles. The SMILES string of the molecule is O=C(Nc1ccc(Oc2ccccc2)cc1)Nc1ccc([C@@H]2O[C@H](CN3CCC[C@H]3CO)C[C@H](c3ccc(CO)cc3)O2)cc1. The van der Waals surface area contributed by atoms with E-state index >= 15 is 0 Å². The number of hydrogen-bond acceptors (Lipinski definition) is 7. The van der Waals surface area contributed by atoms with Crippen molar-refractivity contribution in [3.05, 3.63) is 120 Å². The molecule has 4 aromatic carbocycles. The number of ether oxygens (including phenoxy) is 3. The van der Waals surface area contributed by atoms with Crippen LogP contribution in [0.2, 0.25) is 0 Å². The molecule has 2 saturated heterocycles. The number of para-hydroxylation sites is 1. The highest BCUT2D eigenvalue weighted by Crippen LogP contribution is 2.39. The zero-order chi connectivity index (χ0) is 31.0. The standard InChI is InChI=1S/C36H39N3O6/c40-23-25-8-10-26(11-9-25)34-21-33(22-39-20-4-5-30(39)24-41)44-35(45-34)27-12-14-28(15-13-27)37-36(42)38-29-16-18-32(19-17-29)43-31-6-2-1-3-7-31/h1-3,6-19,30,33-35,40-41H,4-5,20-24H2,(H2,37,38,42)/t30-,33-,34+,35+/m0/s1. The van der Waals surface area contributed by atoms with Crippen molar-refractivity contribution in [3.8, 4) is 11.5 Å². The number of anilines is 2. The second-order valence-corrected chi connectivity index (χ2v) is 11.5. The molecule has 2 aliphatic heterocycles. The molecule has 0 spiro atoms. The highest BCUT2D eigenvalue weighted by atomic mass is 16.7. The third-order valence-electron chi connectivity index (χ3n) is 8.29. The first-order valence-corrected chi connectivity index (χ1v) is 15.4. The van der Waals surface area contributed by atoms with Crippen molar-refractivity contribution in [2.24, 2.45) is 0 Å². The number of amides is 2. The van der Waals surface area contributed by atoms with E-state index in [-0.39, 0.29) is 37.5 Å². The van der Waals surface area contributed by atoms with Crippen molar-refractivity contribution in [1.29, 1.82) is 0 Å². The van der Waals surface area contributed by atoms with Crippen LogP contribution in [0.4, 0.5) is 16.2 Å². The van der Waals surface area contributed by atoms with Crippen LogP contribution >= 0.6 is 0 Å². The normalized spacial score (nSPS) is 21.7. The average Bonchev–Trinajstić information content (AvgIpc) is 3.53. The van der Waals surface area contributed by atoms with Crippen LogP contribution in [0.5, 0.6) is 11.5 Å². The Morgan fingerprint density at radius 2 is 1.44 bits per heavy atom. The van der Waals surface area contributed by atoms with E-state index in [9.17, 15) is 15.0 Å². The predicted molar refractivity (Wildman–Crippen MR) is 172 cm³/mol. The number of likely N-dealkylation sites (tertiary alicyclic amines) is 1. The molecule has 0 radical (unpaired) electrons. The third kappa shape index (κ3) is 8.08. The molecular formula is C36H39N3O6. The third-order valence-corrected chi connectivity index (χ3v) is 8.29. The maximum absolute atomic E-state index is 12.7. The number of nitrogens with zero attached hydrogens (tertiary/aromatic N) is 1. The molecule has 2 fully saturated rings. The highest BCUT2D eigenvalue weighted by molar-refractivity contribution is 5.99. The van der Waals surface area contributed by atoms with Gasteiger partial charge < -0.3 is 35.1 Å². The Labute approximate surface area is 263 Å². The molecule has 6 rings (SSSR count). The van der Waals surface area contributed by atoms with E-state index in [1.54, 1.807) is 24.3 Å². The Balaban J connectivity index is 1.08. The van der Waals surface area contributed by atoms with Crippen molar-refractivity contribution in [3.63, 3.8) is 0 Å². The molecule has 2 amide bonds. The van der Waals surface area contributed by atoms with Crippen LogP contribution in [-0.2, 0) is 16.1 Å². The Bertz CT molecular complexity index is 1520. The highest BCUT2D eigenvalue weighted by Gasteiger charge is 2.35. The minimum absolute atomic E-state index is 0.00786. The quantitative estimate of drug-likeness (QED) is 0.160. The zero-order valence-electron chi connectivity index (χ0n) is 25.0. The lowest BCUT2D eigenvalue weighted by Gasteiger charge is -2.38. The summed E-state index contributed by atoms with van der Waals surface area (Å²) in [5.41, 5.74) is 3.99. The number of aliphatic hydroxyl groups is 2. The first-order chi connectivity index (χ1) is 22.1. The van der Waals surface area contributed by atoms with Crippen LogP contribution in [0.3, 0.4) is 0 Å². The molecule has 2 aliphatic rings. The summed E-state index contributed by atoms with van der Waals surface area (Å²) in [6.07, 6.45) is 1.87. The van der Waals surface area contributed by atoms with Crippen LogP contribution in [0, 0.1) is 0 Å². The molecule has 234 valence electrons. The topological polar surface area (TPSA) is 113 Å². The van der Waals surface area contributed by atoms with Crippen molar-refractivity contribution in [1.82, 2.24) is 4.90 Å². The summed E-state index contributed by atoms with van der Waals surface area (Å²) in [5, 5.41) is 25.0. The van der Waals surface area contributed by atoms with E-state index in [2.05, 4.69) is 15.5 Å². The Hall–Kier alpha value is -4.25. The molecule has 4 N–H and O–H groups in total. The van der Waals surface area contributed by atoms with Crippen molar-refractivity contribution >= 4 is 17.4 Å². The van der Waals surface area contributed by atoms with Crippen LogP contribution in [0.1, 0.15) is 48.3 Å². The Morgan fingerprint density at radius 3 is 2.11 bits per heavy atom. The van der Waals surface area contributed by atoms with Gasteiger partial charge in [-0.15, -0.1) is 0 Å². The van der Waals surface area contributed by atoms with Crippen LogP contribution in [-0.4, -0.2) is 53.0 Å². The molecule has 45 heavy (non-hydrogen) atoms. The molecule has 0 unspecified atom stereocenters. The van der Waals surface area contributed by atoms with Gasteiger partial charge in [-0.2, -0.15) is 0 Å². The zero-order valence-corrected chi connectivity index (χ0v) is 25.0. The molecule has 9 heteroatoms. The Morgan fingerprint density at radius 1 is 0.800 bits per heavy atom. The van der Waals surface area contributed by atoms with Gasteiger partial charge in [-0.1, -0.05) is 54.6 Å². The second-order valence-electron chi connectivity index (χ2n) is 11.5. The summed E-state index contributed by atoms with van der Waals surface area (Å²) in [7, 11) is 0. The lowest BCUT2D eigenvalue weighted by molar-refractivity contribution is -0.253. The van der Waals surface area contributed by atoms with Crippen molar-refractivity contribution < 1.29 is 29.2 Å². The largest absolute Gasteiger partial charge is 0.457 e. The monoisotopic (exact) mass is 609 g/mol. The number of carbonyl (C=O) groups is 1. The average molecular weight is 610 g/mol. The fourth-order valence-corrected chi connectivity index (χ4v) is 5.88. The van der Waals surface area contributed by atoms with E-state index in [4.69, 9.17) is 14.2 Å². The molecule has 0 aromatic heterocycles. The summed E-state index contributed by atoms with van der Waals surface area (Å²) < 4.78 is 18.8. The molecule has 0 saturated carbocycles. The number of carbonyl (C=O) groups excluding carboxylic acids is 1. The van der Waals surface area contributed by atoms with Gasteiger partial charge in [0, 0.05) is 35.9 Å². The van der Waals surface area contributed by atoms with Gasteiger partial charge >= 0.3 is 6.03 Å². The molecule has 0 bridgehead atoms. The van der Waals surface area contributed by atoms with Crippen molar-refractivity contribution in [2.75, 3.05) is 30.3 Å². The van der Waals surface area contributed by atoms with Gasteiger partial charge in [0.1, 0.15) is 11.5 Å². The minimum Gasteiger partial charge on any atom is -0.457 e. The van der Waals surface area contributed by atoms with E-state index in [1.165, 1.54) is 0 Å². The van der Waals surface area contributed by atoms with E-state index in [0.29, 0.717) is 23.5 Å². The number of rotatable bonds is 10. The summed E-state index contributed by atoms with van der Waals surface area (Å²) in [6, 6.07) is 31.8. The number of benzene rings is 4. The maximum atomic E-state index is 12.7. The van der Waals surface area contributed by atoms with Crippen LogP contribution in [0.25, 0.3) is 0 Å². The van der Waals surface area contributed by atoms with Crippen LogP contribution < -0.4 is 15.4 Å². The first-order valence-electron chi connectivity index (χ1n) is 15.4. The lowest BCUT2D eigenvalue weighted by atomic mass is 9.99. The number of hydrogen-bond donors (Lipinski definition) is 4. The second kappa shape index (κ2) is 14.7.